The van der Waals surface area contributed by atoms with Gasteiger partial charge in [-0.2, -0.15) is 0 Å². The molecule has 1 rings (SSSR count). The number of amides is 1. The molecule has 0 aromatic carbocycles. The van der Waals surface area contributed by atoms with Gasteiger partial charge in [0.05, 0.1) is 17.1 Å². The fourth-order valence-corrected chi connectivity index (χ4v) is 3.03. The van der Waals surface area contributed by atoms with E-state index in [0.29, 0.717) is 18.6 Å². The highest BCUT2D eigenvalue weighted by atomic mass is 32.2. The van der Waals surface area contributed by atoms with Gasteiger partial charge in [-0.05, 0) is 25.8 Å². The molecule has 1 N–H and O–H groups in total. The van der Waals surface area contributed by atoms with Crippen LogP contribution >= 0.6 is 0 Å². The van der Waals surface area contributed by atoms with Crippen LogP contribution in [0.3, 0.4) is 0 Å². The van der Waals surface area contributed by atoms with Crippen LogP contribution in [0.15, 0.2) is 16.7 Å². The average Bonchev–Trinajstić information content (AvgIpc) is 2.65. The van der Waals surface area contributed by atoms with Crippen molar-refractivity contribution in [2.24, 2.45) is 0 Å². The Morgan fingerprint density at radius 2 is 2.00 bits per heavy atom. The second-order valence-electron chi connectivity index (χ2n) is 3.81. The zero-order valence-corrected chi connectivity index (χ0v) is 11.0. The fourth-order valence-electron chi connectivity index (χ4n) is 1.62. The lowest BCUT2D eigenvalue weighted by Gasteiger charge is -2.14. The molecule has 0 bridgehead atoms. The highest BCUT2D eigenvalue weighted by Crippen LogP contribution is 2.12. The Hall–Kier alpha value is -1.30. The highest BCUT2D eigenvalue weighted by molar-refractivity contribution is 7.90. The molecule has 0 saturated carbocycles. The predicted molar refractivity (Wildman–Crippen MR) is 64.2 cm³/mol. The lowest BCUT2D eigenvalue weighted by Crippen LogP contribution is -2.37. The van der Waals surface area contributed by atoms with Crippen LogP contribution in [0.1, 0.15) is 42.8 Å². The summed E-state index contributed by atoms with van der Waals surface area (Å²) < 4.78 is 30.7. The first-order valence-corrected chi connectivity index (χ1v) is 7.07. The Bertz CT molecular complexity index is 485. The standard InChI is InChI=1S/C11H17NO4S/c1-4-9(5-2)17(14,15)12-11(13)10-6-7-16-8(10)3/h6-7,9H,4-5H2,1-3H3,(H,12,13). The Morgan fingerprint density at radius 1 is 1.41 bits per heavy atom. The van der Waals surface area contributed by atoms with E-state index < -0.39 is 21.2 Å². The summed E-state index contributed by atoms with van der Waals surface area (Å²) >= 11 is 0. The first kappa shape index (κ1) is 13.8. The van der Waals surface area contributed by atoms with Crippen molar-refractivity contribution in [1.29, 1.82) is 0 Å². The molecular weight excluding hydrogens is 242 g/mol. The molecule has 0 saturated heterocycles. The van der Waals surface area contributed by atoms with Gasteiger partial charge in [0.2, 0.25) is 10.0 Å². The normalized spacial score (nSPS) is 11.8. The van der Waals surface area contributed by atoms with E-state index in [-0.39, 0.29) is 5.56 Å². The Kier molecular flexibility index (Phi) is 4.34. The summed E-state index contributed by atoms with van der Waals surface area (Å²) in [5.41, 5.74) is 0.250. The maximum absolute atomic E-state index is 11.8. The number of nitrogens with one attached hydrogen (secondary N) is 1. The van der Waals surface area contributed by atoms with E-state index >= 15 is 0 Å². The first-order valence-electron chi connectivity index (χ1n) is 5.52. The number of aryl methyl sites for hydroxylation is 1. The van der Waals surface area contributed by atoms with Crippen molar-refractivity contribution in [1.82, 2.24) is 4.72 Å². The van der Waals surface area contributed by atoms with Gasteiger partial charge in [0.25, 0.3) is 5.91 Å². The lowest BCUT2D eigenvalue weighted by atomic mass is 10.2. The molecule has 1 aromatic heterocycles. The van der Waals surface area contributed by atoms with E-state index in [1.165, 1.54) is 12.3 Å². The third kappa shape index (κ3) is 3.09. The minimum absolute atomic E-state index is 0.250. The second kappa shape index (κ2) is 5.35. The molecule has 0 radical (unpaired) electrons. The number of carbonyl (C=O) groups is 1. The monoisotopic (exact) mass is 259 g/mol. The van der Waals surface area contributed by atoms with Crippen molar-refractivity contribution in [2.75, 3.05) is 0 Å². The largest absolute Gasteiger partial charge is 0.469 e. The minimum atomic E-state index is -3.61. The van der Waals surface area contributed by atoms with Crippen LogP contribution in [0.4, 0.5) is 0 Å². The van der Waals surface area contributed by atoms with Crippen molar-refractivity contribution < 1.29 is 17.6 Å². The van der Waals surface area contributed by atoms with Crippen molar-refractivity contribution >= 4 is 15.9 Å². The quantitative estimate of drug-likeness (QED) is 0.875. The van der Waals surface area contributed by atoms with Crippen LogP contribution in [-0.2, 0) is 10.0 Å². The number of rotatable bonds is 5. The molecular formula is C11H17NO4S. The molecule has 0 aliphatic carbocycles. The smallest absolute Gasteiger partial charge is 0.268 e. The Labute approximate surface area is 101 Å². The molecule has 1 aromatic rings. The predicted octanol–water partition coefficient (Wildman–Crippen LogP) is 1.84. The average molecular weight is 259 g/mol. The minimum Gasteiger partial charge on any atom is -0.469 e. The molecule has 0 unspecified atom stereocenters. The van der Waals surface area contributed by atoms with Crippen LogP contribution in [0.2, 0.25) is 0 Å². The maximum atomic E-state index is 11.8. The molecule has 1 amide bonds. The Morgan fingerprint density at radius 3 is 2.41 bits per heavy atom. The molecule has 96 valence electrons. The molecule has 6 heteroatoms. The van der Waals surface area contributed by atoms with Gasteiger partial charge < -0.3 is 4.42 Å². The van der Waals surface area contributed by atoms with Crippen LogP contribution in [0.25, 0.3) is 0 Å². The van der Waals surface area contributed by atoms with E-state index in [0.717, 1.165) is 0 Å². The third-order valence-electron chi connectivity index (χ3n) is 2.69. The number of furan rings is 1. The highest BCUT2D eigenvalue weighted by Gasteiger charge is 2.25. The molecule has 0 atom stereocenters. The fraction of sp³-hybridized carbons (Fsp3) is 0.545. The van der Waals surface area contributed by atoms with Gasteiger partial charge in [0, 0.05) is 0 Å². The van der Waals surface area contributed by atoms with Crippen molar-refractivity contribution in [2.45, 2.75) is 38.9 Å². The first-order chi connectivity index (χ1) is 7.92. The van der Waals surface area contributed by atoms with Gasteiger partial charge in [-0.25, -0.2) is 13.1 Å². The van der Waals surface area contributed by atoms with E-state index in [9.17, 15) is 13.2 Å². The van der Waals surface area contributed by atoms with E-state index in [2.05, 4.69) is 4.72 Å². The molecule has 17 heavy (non-hydrogen) atoms. The van der Waals surface area contributed by atoms with Crippen LogP contribution in [0, 0.1) is 6.92 Å². The van der Waals surface area contributed by atoms with Crippen LogP contribution in [0.5, 0.6) is 0 Å². The number of sulfonamides is 1. The number of carbonyl (C=O) groups excluding carboxylic acids is 1. The topological polar surface area (TPSA) is 76.4 Å². The number of hydrogen-bond donors (Lipinski definition) is 1. The molecule has 0 aliphatic rings. The maximum Gasteiger partial charge on any atom is 0.268 e. The summed E-state index contributed by atoms with van der Waals surface area (Å²) in [6.45, 7) is 5.17. The van der Waals surface area contributed by atoms with Crippen molar-refractivity contribution in [3.8, 4) is 0 Å². The lowest BCUT2D eigenvalue weighted by molar-refractivity contribution is 0.0979. The molecule has 0 fully saturated rings. The van der Waals surface area contributed by atoms with E-state index in [1.54, 1.807) is 20.8 Å². The number of hydrogen-bond acceptors (Lipinski definition) is 4. The summed E-state index contributed by atoms with van der Waals surface area (Å²) in [5.74, 6) is -0.231. The second-order valence-corrected chi connectivity index (χ2v) is 5.77. The van der Waals surface area contributed by atoms with Crippen molar-refractivity contribution in [3.63, 3.8) is 0 Å². The zero-order chi connectivity index (χ0) is 13.1. The molecule has 0 aliphatic heterocycles. The van der Waals surface area contributed by atoms with Gasteiger partial charge in [0.15, 0.2) is 0 Å². The van der Waals surface area contributed by atoms with Crippen molar-refractivity contribution in [3.05, 3.63) is 23.7 Å². The zero-order valence-electron chi connectivity index (χ0n) is 10.2. The molecule has 5 nitrogen and oxygen atoms in total. The van der Waals surface area contributed by atoms with Gasteiger partial charge >= 0.3 is 0 Å². The van der Waals surface area contributed by atoms with Gasteiger partial charge in [-0.1, -0.05) is 13.8 Å². The third-order valence-corrected chi connectivity index (χ3v) is 4.70. The van der Waals surface area contributed by atoms with Gasteiger partial charge in [-0.15, -0.1) is 0 Å². The summed E-state index contributed by atoms with van der Waals surface area (Å²) in [4.78, 5) is 11.7. The Balaban J connectivity index is 2.86. The summed E-state index contributed by atoms with van der Waals surface area (Å²) in [5, 5.41) is -0.543. The summed E-state index contributed by atoms with van der Waals surface area (Å²) in [6.07, 6.45) is 2.31. The van der Waals surface area contributed by atoms with Crippen LogP contribution in [-0.4, -0.2) is 19.6 Å². The van der Waals surface area contributed by atoms with E-state index in [1.807, 2.05) is 0 Å². The van der Waals surface area contributed by atoms with Gasteiger partial charge in [0.1, 0.15) is 5.76 Å². The SMILES string of the molecule is CCC(CC)S(=O)(=O)NC(=O)c1ccoc1C. The van der Waals surface area contributed by atoms with Gasteiger partial charge in [-0.3, -0.25) is 4.79 Å². The van der Waals surface area contributed by atoms with Crippen LogP contribution < -0.4 is 4.72 Å². The molecule has 1 heterocycles. The molecule has 0 spiro atoms. The van der Waals surface area contributed by atoms with E-state index in [4.69, 9.17) is 4.42 Å². The summed E-state index contributed by atoms with van der Waals surface area (Å²) in [6, 6.07) is 1.45. The summed E-state index contributed by atoms with van der Waals surface area (Å²) in [7, 11) is -3.61.